The van der Waals surface area contributed by atoms with Crippen LogP contribution in [-0.4, -0.2) is 26.4 Å². The Bertz CT molecular complexity index is 839. The third-order valence-electron chi connectivity index (χ3n) is 3.77. The summed E-state index contributed by atoms with van der Waals surface area (Å²) in [5.74, 6) is -0.350. The molecule has 140 valence electrons. The topological polar surface area (TPSA) is 66.5 Å². The first-order valence-corrected chi connectivity index (χ1v) is 10.1. The van der Waals surface area contributed by atoms with Crippen molar-refractivity contribution in [1.82, 2.24) is 5.32 Å². The molecule has 0 saturated carbocycles. The summed E-state index contributed by atoms with van der Waals surface area (Å²) >= 11 is 0. The maximum absolute atomic E-state index is 13.1. The Kier molecular flexibility index (Phi) is 6.08. The van der Waals surface area contributed by atoms with Crippen molar-refractivity contribution in [2.45, 2.75) is 44.6 Å². The monoisotopic (exact) mass is 374 g/mol. The third-order valence-corrected chi connectivity index (χ3v) is 5.55. The van der Waals surface area contributed by atoms with E-state index in [1.165, 1.54) is 12.1 Å². The zero-order chi connectivity index (χ0) is 19.4. The van der Waals surface area contributed by atoms with Gasteiger partial charge in [0.05, 0.1) is 10.6 Å². The number of nitrogens with one attached hydrogen (secondary N) is 1. The largest absolute Gasteiger partial charge is 0.350 e. The van der Waals surface area contributed by atoms with Crippen LogP contribution in [0, 0.1) is 0 Å². The van der Waals surface area contributed by atoms with Crippen LogP contribution < -0.4 is 9.62 Å². The van der Waals surface area contributed by atoms with Crippen LogP contribution in [0.2, 0.25) is 0 Å². The summed E-state index contributed by atoms with van der Waals surface area (Å²) in [6.07, 6.45) is 0.857. The predicted molar refractivity (Wildman–Crippen MR) is 105 cm³/mol. The maximum Gasteiger partial charge on any atom is 0.264 e. The Balaban J connectivity index is 2.42. The molecule has 2 rings (SSSR count). The fourth-order valence-corrected chi connectivity index (χ4v) is 3.96. The zero-order valence-corrected chi connectivity index (χ0v) is 16.5. The number of hydrogen-bond donors (Lipinski definition) is 1. The molecule has 5 nitrogen and oxygen atoms in total. The summed E-state index contributed by atoms with van der Waals surface area (Å²) in [6.45, 7) is 7.33. The molecule has 1 amide bonds. The van der Waals surface area contributed by atoms with E-state index in [0.717, 1.165) is 16.3 Å². The second-order valence-electron chi connectivity index (χ2n) is 7.14. The molecule has 0 unspecified atom stereocenters. The van der Waals surface area contributed by atoms with Crippen LogP contribution in [0.3, 0.4) is 0 Å². The summed E-state index contributed by atoms with van der Waals surface area (Å²) in [5, 5.41) is 2.82. The number of nitrogens with zero attached hydrogens (tertiary/aromatic N) is 1. The van der Waals surface area contributed by atoms with Gasteiger partial charge < -0.3 is 5.32 Å². The van der Waals surface area contributed by atoms with Crippen LogP contribution in [0.15, 0.2) is 59.5 Å². The van der Waals surface area contributed by atoms with E-state index in [4.69, 9.17) is 0 Å². The first kappa shape index (κ1) is 20.0. The van der Waals surface area contributed by atoms with Crippen LogP contribution in [0.1, 0.15) is 33.3 Å². The van der Waals surface area contributed by atoms with Gasteiger partial charge in [0, 0.05) is 5.54 Å². The lowest BCUT2D eigenvalue weighted by Gasteiger charge is -2.27. The molecule has 0 aromatic heterocycles. The molecule has 6 heteroatoms. The molecular formula is C20H26N2O3S. The molecule has 2 aromatic carbocycles. The van der Waals surface area contributed by atoms with Gasteiger partial charge in [-0.3, -0.25) is 9.10 Å². The standard InChI is InChI=1S/C20H26N2O3S/c1-5-16-11-13-17(14-12-16)22(15-19(23)21-20(2,3)4)26(24,25)18-9-7-6-8-10-18/h6-14H,5,15H2,1-4H3,(H,21,23). The van der Waals surface area contributed by atoms with Gasteiger partial charge in [-0.15, -0.1) is 0 Å². The van der Waals surface area contributed by atoms with E-state index in [0.29, 0.717) is 5.69 Å². The van der Waals surface area contributed by atoms with Crippen LogP contribution >= 0.6 is 0 Å². The molecule has 26 heavy (non-hydrogen) atoms. The molecule has 0 radical (unpaired) electrons. The van der Waals surface area contributed by atoms with Crippen molar-refractivity contribution in [3.8, 4) is 0 Å². The lowest BCUT2D eigenvalue weighted by Crippen LogP contribution is -2.47. The number of amides is 1. The highest BCUT2D eigenvalue weighted by atomic mass is 32.2. The number of aryl methyl sites for hydroxylation is 1. The molecule has 1 N–H and O–H groups in total. The minimum Gasteiger partial charge on any atom is -0.350 e. The van der Waals surface area contributed by atoms with E-state index >= 15 is 0 Å². The SMILES string of the molecule is CCc1ccc(N(CC(=O)NC(C)(C)C)S(=O)(=O)c2ccccc2)cc1. The Labute approximate surface area is 156 Å². The summed E-state index contributed by atoms with van der Waals surface area (Å²) in [7, 11) is -3.85. The Hall–Kier alpha value is -2.34. The average molecular weight is 375 g/mol. The second-order valence-corrected chi connectivity index (χ2v) is 9.01. The zero-order valence-electron chi connectivity index (χ0n) is 15.7. The van der Waals surface area contributed by atoms with Crippen molar-refractivity contribution in [2.75, 3.05) is 10.8 Å². The highest BCUT2D eigenvalue weighted by Crippen LogP contribution is 2.24. The molecular weight excluding hydrogens is 348 g/mol. The minimum atomic E-state index is -3.85. The van der Waals surface area contributed by atoms with Crippen molar-refractivity contribution in [2.24, 2.45) is 0 Å². The van der Waals surface area contributed by atoms with Gasteiger partial charge in [-0.2, -0.15) is 0 Å². The first-order chi connectivity index (χ1) is 12.1. The Morgan fingerprint density at radius 2 is 1.58 bits per heavy atom. The van der Waals surface area contributed by atoms with Crippen molar-refractivity contribution in [3.05, 3.63) is 60.2 Å². The fraction of sp³-hybridized carbons (Fsp3) is 0.350. The summed E-state index contributed by atoms with van der Waals surface area (Å²) in [6, 6.07) is 15.4. The van der Waals surface area contributed by atoms with Gasteiger partial charge in [-0.25, -0.2) is 8.42 Å². The van der Waals surface area contributed by atoms with E-state index in [1.807, 2.05) is 39.8 Å². The van der Waals surface area contributed by atoms with Crippen molar-refractivity contribution in [1.29, 1.82) is 0 Å². The van der Waals surface area contributed by atoms with E-state index in [-0.39, 0.29) is 17.3 Å². The lowest BCUT2D eigenvalue weighted by molar-refractivity contribution is -0.121. The normalized spacial score (nSPS) is 11.8. The van der Waals surface area contributed by atoms with Crippen molar-refractivity contribution in [3.63, 3.8) is 0 Å². The molecule has 0 spiro atoms. The van der Waals surface area contributed by atoms with Gasteiger partial charge in [-0.1, -0.05) is 37.3 Å². The fourth-order valence-electron chi connectivity index (χ4n) is 2.52. The molecule has 0 saturated heterocycles. The number of anilines is 1. The molecule has 0 bridgehead atoms. The number of hydrogen-bond acceptors (Lipinski definition) is 3. The Morgan fingerprint density at radius 1 is 1.00 bits per heavy atom. The first-order valence-electron chi connectivity index (χ1n) is 8.61. The van der Waals surface area contributed by atoms with Gasteiger partial charge >= 0.3 is 0 Å². The quantitative estimate of drug-likeness (QED) is 0.843. The van der Waals surface area contributed by atoms with Gasteiger partial charge in [0.15, 0.2) is 0 Å². The number of carbonyl (C=O) groups is 1. The highest BCUT2D eigenvalue weighted by molar-refractivity contribution is 7.92. The molecule has 0 aliphatic heterocycles. The van der Waals surface area contributed by atoms with Crippen molar-refractivity contribution < 1.29 is 13.2 Å². The molecule has 0 aliphatic rings. The molecule has 0 fully saturated rings. The number of rotatable bonds is 6. The third kappa shape index (κ3) is 5.08. The molecule has 0 heterocycles. The molecule has 0 atom stereocenters. The minimum absolute atomic E-state index is 0.156. The van der Waals surface area contributed by atoms with Gasteiger partial charge in [-0.05, 0) is 57.0 Å². The second kappa shape index (κ2) is 7.91. The lowest BCUT2D eigenvalue weighted by atomic mass is 10.1. The summed E-state index contributed by atoms with van der Waals surface area (Å²) < 4.78 is 27.4. The van der Waals surface area contributed by atoms with E-state index in [1.54, 1.807) is 30.3 Å². The summed E-state index contributed by atoms with van der Waals surface area (Å²) in [5.41, 5.74) is 1.13. The number of sulfonamides is 1. The van der Waals surface area contributed by atoms with E-state index < -0.39 is 15.6 Å². The van der Waals surface area contributed by atoms with Crippen molar-refractivity contribution >= 4 is 21.6 Å². The van der Waals surface area contributed by atoms with Crippen LogP contribution in [-0.2, 0) is 21.2 Å². The summed E-state index contributed by atoms with van der Waals surface area (Å²) in [4.78, 5) is 12.6. The predicted octanol–water partition coefficient (Wildman–Crippen LogP) is 3.36. The van der Waals surface area contributed by atoms with Crippen LogP contribution in [0.5, 0.6) is 0 Å². The highest BCUT2D eigenvalue weighted by Gasteiger charge is 2.28. The molecule has 2 aromatic rings. The van der Waals surface area contributed by atoms with E-state index in [2.05, 4.69) is 5.32 Å². The van der Waals surface area contributed by atoms with Gasteiger partial charge in [0.1, 0.15) is 6.54 Å². The Morgan fingerprint density at radius 3 is 2.08 bits per heavy atom. The maximum atomic E-state index is 13.1. The smallest absolute Gasteiger partial charge is 0.264 e. The molecule has 0 aliphatic carbocycles. The van der Waals surface area contributed by atoms with Gasteiger partial charge in [0.25, 0.3) is 10.0 Å². The number of carbonyl (C=O) groups excluding carboxylic acids is 1. The van der Waals surface area contributed by atoms with Gasteiger partial charge in [0.2, 0.25) is 5.91 Å². The van der Waals surface area contributed by atoms with Crippen LogP contribution in [0.25, 0.3) is 0 Å². The number of benzene rings is 2. The average Bonchev–Trinajstić information content (AvgIpc) is 2.59. The van der Waals surface area contributed by atoms with Crippen LogP contribution in [0.4, 0.5) is 5.69 Å². The van der Waals surface area contributed by atoms with E-state index in [9.17, 15) is 13.2 Å².